The van der Waals surface area contributed by atoms with E-state index in [4.69, 9.17) is 9.73 Å². The van der Waals surface area contributed by atoms with Crippen molar-refractivity contribution in [3.05, 3.63) is 91.5 Å². The molecule has 0 unspecified atom stereocenters. The van der Waals surface area contributed by atoms with Crippen molar-refractivity contribution in [1.82, 2.24) is 5.32 Å². The third-order valence-electron chi connectivity index (χ3n) is 5.83. The molecular formula is C27H32N2OP. The molecule has 4 heteroatoms. The van der Waals surface area contributed by atoms with Crippen LogP contribution in [0.3, 0.4) is 0 Å². The number of benzene rings is 2. The molecule has 0 spiro atoms. The van der Waals surface area contributed by atoms with Gasteiger partial charge in [-0.1, -0.05) is 81.4 Å². The Labute approximate surface area is 189 Å². The van der Waals surface area contributed by atoms with Gasteiger partial charge in [-0.25, -0.2) is 4.99 Å². The van der Waals surface area contributed by atoms with Crippen LogP contribution >= 0.6 is 7.92 Å². The minimum absolute atomic E-state index is 0.132. The number of ether oxygens (including phenoxy) is 1. The van der Waals surface area contributed by atoms with Gasteiger partial charge in [-0.05, 0) is 50.1 Å². The lowest BCUT2D eigenvalue weighted by atomic mass is 9.88. The summed E-state index contributed by atoms with van der Waals surface area (Å²) in [4.78, 5) is 4.80. The van der Waals surface area contributed by atoms with E-state index in [9.17, 15) is 0 Å². The van der Waals surface area contributed by atoms with Crippen LogP contribution in [0.25, 0.3) is 0 Å². The molecule has 2 aliphatic rings. The standard InChI is InChI=1S/C27H32N2OP/c1-20(28-18-26-29-25(19-30-26)27(2,3)4)23-16-11-17-24(23)31(21-12-7-5-8-13-21)22-14-9-6-10-15-22/h5-17,20,25,28H,18-19H2,1-4H3/t20-,25+/m0/s1. The number of rotatable bonds is 7. The van der Waals surface area contributed by atoms with Crippen LogP contribution in [-0.2, 0) is 4.74 Å². The highest BCUT2D eigenvalue weighted by molar-refractivity contribution is 7.76. The van der Waals surface area contributed by atoms with Crippen LogP contribution in [0.2, 0.25) is 0 Å². The molecule has 0 aromatic heterocycles. The zero-order chi connectivity index (χ0) is 21.8. The molecule has 1 N–H and O–H groups in total. The highest BCUT2D eigenvalue weighted by Gasteiger charge is 2.40. The van der Waals surface area contributed by atoms with Crippen molar-refractivity contribution in [2.24, 2.45) is 10.4 Å². The third-order valence-corrected chi connectivity index (χ3v) is 8.35. The summed E-state index contributed by atoms with van der Waals surface area (Å²) in [6.45, 7) is 10.2. The van der Waals surface area contributed by atoms with Crippen molar-refractivity contribution in [2.75, 3.05) is 13.2 Å². The van der Waals surface area contributed by atoms with Crippen molar-refractivity contribution in [3.8, 4) is 0 Å². The molecular weight excluding hydrogens is 399 g/mol. The first-order valence-corrected chi connectivity index (χ1v) is 12.4. The van der Waals surface area contributed by atoms with Crippen LogP contribution < -0.4 is 15.9 Å². The monoisotopic (exact) mass is 431 g/mol. The van der Waals surface area contributed by atoms with Crippen LogP contribution in [0.1, 0.15) is 27.7 Å². The minimum Gasteiger partial charge on any atom is -0.478 e. The first-order valence-electron chi connectivity index (χ1n) is 11.0. The zero-order valence-corrected chi connectivity index (χ0v) is 19.8. The number of aliphatic imine (C=N–C) groups is 1. The summed E-state index contributed by atoms with van der Waals surface area (Å²) in [7, 11) is -0.607. The van der Waals surface area contributed by atoms with Crippen LogP contribution in [-0.4, -0.2) is 31.1 Å². The maximum absolute atomic E-state index is 5.87. The van der Waals surface area contributed by atoms with Crippen LogP contribution in [0.15, 0.2) is 65.7 Å². The Morgan fingerprint density at radius 1 is 1.00 bits per heavy atom. The molecule has 2 atom stereocenters. The quantitative estimate of drug-likeness (QED) is 0.646. The van der Waals surface area contributed by atoms with E-state index in [2.05, 4.69) is 113 Å². The molecule has 0 amide bonds. The van der Waals surface area contributed by atoms with E-state index in [0.29, 0.717) is 13.2 Å². The third kappa shape index (κ3) is 5.38. The van der Waals surface area contributed by atoms with Gasteiger partial charge in [0.15, 0.2) is 5.90 Å². The van der Waals surface area contributed by atoms with Gasteiger partial charge >= 0.3 is 0 Å². The highest BCUT2D eigenvalue weighted by atomic mass is 31.1. The molecule has 0 bridgehead atoms. The molecule has 3 nitrogen and oxygen atoms in total. The molecule has 1 heterocycles. The van der Waals surface area contributed by atoms with Crippen LogP contribution in [0, 0.1) is 36.3 Å². The van der Waals surface area contributed by atoms with Crippen molar-refractivity contribution in [2.45, 2.75) is 39.8 Å². The Morgan fingerprint density at radius 2 is 1.61 bits per heavy atom. The Kier molecular flexibility index (Phi) is 7.14. The van der Waals surface area contributed by atoms with Gasteiger partial charge in [-0.15, -0.1) is 0 Å². The van der Waals surface area contributed by atoms with Gasteiger partial charge in [-0.2, -0.15) is 0 Å². The molecule has 161 valence electrons. The van der Waals surface area contributed by atoms with Gasteiger partial charge < -0.3 is 10.1 Å². The van der Waals surface area contributed by atoms with E-state index in [0.717, 1.165) is 5.90 Å². The fourth-order valence-electron chi connectivity index (χ4n) is 3.89. The SMILES string of the molecule is C[C@H](NCC1=N[C@@H](C(C)(C)C)CO1)[C]1[CH][CH][CH][C]1P(c1ccccc1)c1ccccc1. The van der Waals surface area contributed by atoms with Gasteiger partial charge in [0.2, 0.25) is 0 Å². The number of nitrogens with zero attached hydrogens (tertiary/aromatic N) is 1. The average Bonchev–Trinajstić information content (AvgIpc) is 3.44. The van der Waals surface area contributed by atoms with Crippen molar-refractivity contribution in [3.63, 3.8) is 0 Å². The lowest BCUT2D eigenvalue weighted by Crippen LogP contribution is -2.38. The molecule has 1 saturated carbocycles. The molecule has 31 heavy (non-hydrogen) atoms. The Morgan fingerprint density at radius 3 is 2.16 bits per heavy atom. The summed E-state index contributed by atoms with van der Waals surface area (Å²) in [5.74, 6) is 2.18. The molecule has 0 saturated heterocycles. The molecule has 1 aliphatic heterocycles. The molecule has 1 aliphatic carbocycles. The molecule has 1 fully saturated rings. The molecule has 4 rings (SSSR count). The predicted molar refractivity (Wildman–Crippen MR) is 133 cm³/mol. The smallest absolute Gasteiger partial charge is 0.198 e. The zero-order valence-electron chi connectivity index (χ0n) is 18.9. The number of hydrogen-bond acceptors (Lipinski definition) is 3. The van der Waals surface area contributed by atoms with E-state index >= 15 is 0 Å². The second-order valence-corrected chi connectivity index (χ2v) is 11.4. The lowest BCUT2D eigenvalue weighted by molar-refractivity contribution is 0.233. The van der Waals surface area contributed by atoms with Gasteiger partial charge in [-0.3, -0.25) is 0 Å². The summed E-state index contributed by atoms with van der Waals surface area (Å²) in [5.41, 5.74) is 1.54. The molecule has 5 radical (unpaired) electrons. The maximum atomic E-state index is 5.87. The Bertz CT molecular complexity index is 822. The normalized spacial score (nSPS) is 21.3. The molecule has 2 aromatic rings. The van der Waals surface area contributed by atoms with E-state index in [-0.39, 0.29) is 17.5 Å². The summed E-state index contributed by atoms with van der Waals surface area (Å²) >= 11 is 0. The van der Waals surface area contributed by atoms with E-state index in [1.807, 2.05) is 0 Å². The largest absolute Gasteiger partial charge is 0.478 e. The summed E-state index contributed by atoms with van der Waals surface area (Å²) in [5, 5.41) is 6.40. The van der Waals surface area contributed by atoms with E-state index < -0.39 is 7.92 Å². The van der Waals surface area contributed by atoms with Crippen molar-refractivity contribution in [1.29, 1.82) is 0 Å². The average molecular weight is 432 g/mol. The van der Waals surface area contributed by atoms with Crippen LogP contribution in [0.4, 0.5) is 0 Å². The van der Waals surface area contributed by atoms with Gasteiger partial charge in [0.1, 0.15) is 6.61 Å². The fraction of sp³-hybridized carbons (Fsp3) is 0.333. The van der Waals surface area contributed by atoms with Crippen molar-refractivity contribution < 1.29 is 4.74 Å². The van der Waals surface area contributed by atoms with E-state index in [1.165, 1.54) is 22.2 Å². The van der Waals surface area contributed by atoms with E-state index in [1.54, 1.807) is 0 Å². The second-order valence-electron chi connectivity index (χ2n) is 9.19. The summed E-state index contributed by atoms with van der Waals surface area (Å²) in [6, 6.07) is 22.2. The van der Waals surface area contributed by atoms with Gasteiger partial charge in [0, 0.05) is 17.6 Å². The van der Waals surface area contributed by atoms with Gasteiger partial charge in [0.05, 0.1) is 12.6 Å². The maximum Gasteiger partial charge on any atom is 0.198 e. The first kappa shape index (κ1) is 22.5. The first-order chi connectivity index (χ1) is 14.9. The van der Waals surface area contributed by atoms with Gasteiger partial charge in [0.25, 0.3) is 0 Å². The summed E-state index contributed by atoms with van der Waals surface area (Å²) < 4.78 is 5.87. The second kappa shape index (κ2) is 9.84. The summed E-state index contributed by atoms with van der Waals surface area (Å²) in [6.07, 6.45) is 6.73. The van der Waals surface area contributed by atoms with Crippen molar-refractivity contribution >= 4 is 24.4 Å². The Balaban J connectivity index is 1.48. The fourth-order valence-corrected chi connectivity index (χ4v) is 6.45. The lowest BCUT2D eigenvalue weighted by Gasteiger charge is -2.32. The highest BCUT2D eigenvalue weighted by Crippen LogP contribution is 2.56. The molecule has 2 aromatic carbocycles. The topological polar surface area (TPSA) is 33.6 Å². The van der Waals surface area contributed by atoms with Crippen LogP contribution in [0.5, 0.6) is 0 Å². The number of hydrogen-bond donors (Lipinski definition) is 1. The predicted octanol–water partition coefficient (Wildman–Crippen LogP) is 4.67. The number of nitrogens with one attached hydrogen (secondary N) is 1. The minimum atomic E-state index is -0.607. The Hall–Kier alpha value is -1.70.